The van der Waals surface area contributed by atoms with E-state index in [0.29, 0.717) is 25.1 Å². The molecule has 0 saturated carbocycles. The number of aromatic amines is 1. The normalized spacial score (nSPS) is 12.4. The van der Waals surface area contributed by atoms with Crippen molar-refractivity contribution in [1.29, 1.82) is 0 Å². The van der Waals surface area contributed by atoms with Crippen LogP contribution in [-0.4, -0.2) is 41.8 Å². The predicted molar refractivity (Wildman–Crippen MR) is 120 cm³/mol. The van der Waals surface area contributed by atoms with E-state index in [-0.39, 0.29) is 16.8 Å². The highest BCUT2D eigenvalue weighted by molar-refractivity contribution is 7.99. The van der Waals surface area contributed by atoms with Crippen LogP contribution in [0, 0.1) is 0 Å². The fourth-order valence-electron chi connectivity index (χ4n) is 2.89. The Kier molecular flexibility index (Phi) is 8.21. The Labute approximate surface area is 186 Å². The van der Waals surface area contributed by atoms with Crippen LogP contribution in [0.15, 0.2) is 71.0 Å². The smallest absolute Gasteiger partial charge is 0.241 e. The molecule has 3 N–H and O–H groups in total. The SMILES string of the molecule is C[C@H](NS(=O)(=O)c1ccc(CCC(=O)NCCSc2ncn[nH]2)cc1)c1ccccc1. The summed E-state index contributed by atoms with van der Waals surface area (Å²) in [5, 5.41) is 10.1. The molecule has 8 nitrogen and oxygen atoms in total. The van der Waals surface area contributed by atoms with E-state index in [1.165, 1.54) is 18.1 Å². The van der Waals surface area contributed by atoms with Crippen LogP contribution >= 0.6 is 11.8 Å². The van der Waals surface area contributed by atoms with Gasteiger partial charge in [-0.25, -0.2) is 18.1 Å². The molecule has 0 fully saturated rings. The lowest BCUT2D eigenvalue weighted by Gasteiger charge is -2.15. The van der Waals surface area contributed by atoms with Gasteiger partial charge in [0.25, 0.3) is 0 Å². The zero-order valence-corrected chi connectivity index (χ0v) is 18.7. The second-order valence-electron chi connectivity index (χ2n) is 6.89. The van der Waals surface area contributed by atoms with Gasteiger partial charge < -0.3 is 5.32 Å². The number of sulfonamides is 1. The topological polar surface area (TPSA) is 117 Å². The minimum absolute atomic E-state index is 0.0479. The molecule has 1 heterocycles. The fraction of sp³-hybridized carbons (Fsp3) is 0.286. The fourth-order valence-corrected chi connectivity index (χ4v) is 4.76. The Morgan fingerprint density at radius 1 is 1.13 bits per heavy atom. The Bertz CT molecular complexity index is 1060. The van der Waals surface area contributed by atoms with E-state index in [4.69, 9.17) is 0 Å². The highest BCUT2D eigenvalue weighted by atomic mass is 32.2. The molecule has 1 amide bonds. The van der Waals surface area contributed by atoms with E-state index >= 15 is 0 Å². The maximum absolute atomic E-state index is 12.6. The van der Waals surface area contributed by atoms with Gasteiger partial charge in [-0.05, 0) is 36.6 Å². The zero-order chi connectivity index (χ0) is 22.1. The first-order valence-electron chi connectivity index (χ1n) is 9.85. The summed E-state index contributed by atoms with van der Waals surface area (Å²) in [5.74, 6) is 0.648. The number of carbonyl (C=O) groups excluding carboxylic acids is 1. The number of carbonyl (C=O) groups is 1. The van der Waals surface area contributed by atoms with E-state index in [1.54, 1.807) is 24.3 Å². The number of H-pyrrole nitrogens is 1. The number of nitrogens with zero attached hydrogens (tertiary/aromatic N) is 2. The van der Waals surface area contributed by atoms with Gasteiger partial charge in [-0.3, -0.25) is 9.89 Å². The summed E-state index contributed by atoms with van der Waals surface area (Å²) in [5.41, 5.74) is 1.80. The van der Waals surface area contributed by atoms with Crippen molar-refractivity contribution in [1.82, 2.24) is 25.2 Å². The number of benzene rings is 2. The molecular weight excluding hydrogens is 434 g/mol. The minimum atomic E-state index is -3.63. The molecule has 164 valence electrons. The van der Waals surface area contributed by atoms with Crippen molar-refractivity contribution < 1.29 is 13.2 Å². The van der Waals surface area contributed by atoms with Gasteiger partial charge in [0.15, 0.2) is 5.16 Å². The molecule has 1 atom stereocenters. The summed E-state index contributed by atoms with van der Waals surface area (Å²) in [7, 11) is -3.63. The van der Waals surface area contributed by atoms with E-state index in [2.05, 4.69) is 25.2 Å². The molecule has 31 heavy (non-hydrogen) atoms. The Balaban J connectivity index is 1.44. The average Bonchev–Trinajstić information content (AvgIpc) is 3.29. The first kappa shape index (κ1) is 23.0. The highest BCUT2D eigenvalue weighted by Crippen LogP contribution is 2.17. The van der Waals surface area contributed by atoms with Gasteiger partial charge in [-0.1, -0.05) is 54.2 Å². The number of amides is 1. The first-order valence-corrected chi connectivity index (χ1v) is 12.3. The molecule has 0 unspecified atom stereocenters. The molecule has 0 radical (unpaired) electrons. The van der Waals surface area contributed by atoms with Crippen LogP contribution in [0.1, 0.15) is 30.5 Å². The van der Waals surface area contributed by atoms with Crippen LogP contribution in [0.25, 0.3) is 0 Å². The number of aromatic nitrogens is 3. The summed E-state index contributed by atoms with van der Waals surface area (Å²) >= 11 is 1.48. The lowest BCUT2D eigenvalue weighted by molar-refractivity contribution is -0.120. The molecular formula is C21H25N5O3S2. The lowest BCUT2D eigenvalue weighted by Crippen LogP contribution is -2.27. The maximum atomic E-state index is 12.6. The van der Waals surface area contributed by atoms with Gasteiger partial charge in [0.2, 0.25) is 15.9 Å². The highest BCUT2D eigenvalue weighted by Gasteiger charge is 2.18. The van der Waals surface area contributed by atoms with Gasteiger partial charge in [0.1, 0.15) is 6.33 Å². The summed E-state index contributed by atoms with van der Waals surface area (Å²) in [4.78, 5) is 16.2. The average molecular weight is 460 g/mol. The summed E-state index contributed by atoms with van der Waals surface area (Å²) in [6, 6.07) is 15.7. The van der Waals surface area contributed by atoms with Crippen molar-refractivity contribution >= 4 is 27.7 Å². The quantitative estimate of drug-likeness (QED) is 0.300. The molecule has 0 spiro atoms. The number of aryl methyl sites for hydroxylation is 1. The van der Waals surface area contributed by atoms with Crippen LogP contribution in [0.4, 0.5) is 0 Å². The van der Waals surface area contributed by atoms with Gasteiger partial charge in [0, 0.05) is 24.8 Å². The summed E-state index contributed by atoms with van der Waals surface area (Å²) < 4.78 is 28.0. The molecule has 0 aliphatic heterocycles. The Morgan fingerprint density at radius 3 is 2.55 bits per heavy atom. The number of nitrogens with one attached hydrogen (secondary N) is 3. The molecule has 1 aromatic heterocycles. The number of hydrogen-bond acceptors (Lipinski definition) is 6. The van der Waals surface area contributed by atoms with Gasteiger partial charge >= 0.3 is 0 Å². The van der Waals surface area contributed by atoms with Gasteiger partial charge in [-0.2, -0.15) is 5.10 Å². The van der Waals surface area contributed by atoms with Gasteiger partial charge in [-0.15, -0.1) is 0 Å². The van der Waals surface area contributed by atoms with E-state index in [9.17, 15) is 13.2 Å². The molecule has 0 saturated heterocycles. The Hall–Kier alpha value is -2.69. The second kappa shape index (κ2) is 11.1. The first-order chi connectivity index (χ1) is 14.9. The number of hydrogen-bond donors (Lipinski definition) is 3. The summed E-state index contributed by atoms with van der Waals surface area (Å²) in [6.45, 7) is 2.34. The van der Waals surface area contributed by atoms with Crippen LogP contribution in [0.3, 0.4) is 0 Å². The summed E-state index contributed by atoms with van der Waals surface area (Å²) in [6.07, 6.45) is 2.31. The second-order valence-corrected chi connectivity index (χ2v) is 9.68. The van der Waals surface area contributed by atoms with E-state index < -0.39 is 10.0 Å². The van der Waals surface area contributed by atoms with E-state index in [1.807, 2.05) is 37.3 Å². The molecule has 0 aliphatic carbocycles. The zero-order valence-electron chi connectivity index (χ0n) is 17.1. The molecule has 0 aliphatic rings. The molecule has 2 aromatic carbocycles. The third-order valence-corrected chi connectivity index (χ3v) is 7.00. The van der Waals surface area contributed by atoms with Crippen molar-refractivity contribution in [3.05, 3.63) is 72.1 Å². The molecule has 3 aromatic rings. The third-order valence-electron chi connectivity index (χ3n) is 4.56. The van der Waals surface area contributed by atoms with Crippen molar-refractivity contribution in [2.45, 2.75) is 35.9 Å². The van der Waals surface area contributed by atoms with Crippen molar-refractivity contribution in [3.8, 4) is 0 Å². The van der Waals surface area contributed by atoms with Crippen LogP contribution in [0.5, 0.6) is 0 Å². The number of rotatable bonds is 11. The number of thioether (sulfide) groups is 1. The van der Waals surface area contributed by atoms with Crippen molar-refractivity contribution in [2.24, 2.45) is 0 Å². The van der Waals surface area contributed by atoms with E-state index in [0.717, 1.165) is 16.3 Å². The molecule has 10 heteroatoms. The lowest BCUT2D eigenvalue weighted by atomic mass is 10.1. The maximum Gasteiger partial charge on any atom is 0.241 e. The van der Waals surface area contributed by atoms with Crippen LogP contribution < -0.4 is 10.0 Å². The Morgan fingerprint density at radius 2 is 1.87 bits per heavy atom. The van der Waals surface area contributed by atoms with Crippen molar-refractivity contribution in [2.75, 3.05) is 12.3 Å². The third kappa shape index (κ3) is 7.20. The molecule has 0 bridgehead atoms. The largest absolute Gasteiger partial charge is 0.355 e. The monoisotopic (exact) mass is 459 g/mol. The van der Waals surface area contributed by atoms with Crippen LogP contribution in [0.2, 0.25) is 0 Å². The van der Waals surface area contributed by atoms with Gasteiger partial charge in [0.05, 0.1) is 4.90 Å². The molecule has 3 rings (SSSR count). The van der Waals surface area contributed by atoms with Crippen LogP contribution in [-0.2, 0) is 21.2 Å². The standard InChI is InChI=1S/C21H25N5O3S2/c1-16(18-5-3-2-4-6-18)26-31(28,29)19-10-7-17(8-11-19)9-12-20(27)22-13-14-30-21-23-15-24-25-21/h2-8,10-11,15-16,26H,9,12-14H2,1H3,(H,22,27)(H,23,24,25)/t16-/m0/s1. The predicted octanol–water partition coefficient (Wildman–Crippen LogP) is 2.69. The minimum Gasteiger partial charge on any atom is -0.355 e. The van der Waals surface area contributed by atoms with Crippen molar-refractivity contribution in [3.63, 3.8) is 0 Å².